The number of carbonyl (C=O) groups excluding carboxylic acids is 2. The largest absolute Gasteiger partial charge is 0.369 e. The van der Waals surface area contributed by atoms with Gasteiger partial charge in [0.25, 0.3) is 5.91 Å². The number of anilines is 2. The molecule has 1 saturated heterocycles. The lowest BCUT2D eigenvalue weighted by molar-refractivity contribution is -0.118. The third kappa shape index (κ3) is 5.67. The number of hydrogen-bond donors (Lipinski definition) is 2. The summed E-state index contributed by atoms with van der Waals surface area (Å²) in [7, 11) is 0. The highest BCUT2D eigenvalue weighted by atomic mass is 35.5. The monoisotopic (exact) mass is 449 g/mol. The maximum Gasteiger partial charge on any atom is 0.253 e. The first kappa shape index (κ1) is 22.4. The fourth-order valence-electron chi connectivity index (χ4n) is 3.41. The first-order valence-corrected chi connectivity index (χ1v) is 11.7. The van der Waals surface area contributed by atoms with Crippen molar-refractivity contribution in [1.82, 2.24) is 5.32 Å². The SMILES string of the molecule is CSCCC(NC(=O)c1ccccc1Cl)C(=O)Nc1ccc(N2CCCC2)c(F)c1. The third-order valence-electron chi connectivity index (χ3n) is 5.01. The molecule has 0 radical (unpaired) electrons. The number of hydrogen-bond acceptors (Lipinski definition) is 4. The molecule has 8 heteroatoms. The molecule has 2 N–H and O–H groups in total. The molecular weight excluding hydrogens is 425 g/mol. The first-order chi connectivity index (χ1) is 14.5. The van der Waals surface area contributed by atoms with E-state index in [9.17, 15) is 14.0 Å². The minimum atomic E-state index is -0.762. The number of rotatable bonds is 8. The summed E-state index contributed by atoms with van der Waals surface area (Å²) in [6.45, 7) is 1.68. The number of nitrogens with zero attached hydrogens (tertiary/aromatic N) is 1. The summed E-state index contributed by atoms with van der Waals surface area (Å²) in [5.74, 6) is -0.492. The highest BCUT2D eigenvalue weighted by molar-refractivity contribution is 7.98. The molecule has 2 amide bonds. The Kier molecular flexibility index (Phi) is 7.99. The van der Waals surface area contributed by atoms with Crippen molar-refractivity contribution in [2.75, 3.05) is 35.3 Å². The second kappa shape index (κ2) is 10.7. The molecule has 0 bridgehead atoms. The van der Waals surface area contributed by atoms with E-state index in [0.717, 1.165) is 25.9 Å². The average molecular weight is 450 g/mol. The minimum absolute atomic E-state index is 0.308. The zero-order valence-corrected chi connectivity index (χ0v) is 18.4. The summed E-state index contributed by atoms with van der Waals surface area (Å²) in [4.78, 5) is 27.4. The maximum absolute atomic E-state index is 14.6. The van der Waals surface area contributed by atoms with E-state index in [4.69, 9.17) is 11.6 Å². The van der Waals surface area contributed by atoms with Crippen molar-refractivity contribution < 1.29 is 14.0 Å². The van der Waals surface area contributed by atoms with Crippen LogP contribution in [0.3, 0.4) is 0 Å². The van der Waals surface area contributed by atoms with Crippen LogP contribution in [-0.2, 0) is 4.79 Å². The van der Waals surface area contributed by atoms with Gasteiger partial charge in [0.15, 0.2) is 0 Å². The van der Waals surface area contributed by atoms with Crippen LogP contribution in [0.25, 0.3) is 0 Å². The summed E-state index contributed by atoms with van der Waals surface area (Å²) < 4.78 is 14.6. The van der Waals surface area contributed by atoms with Gasteiger partial charge in [0.2, 0.25) is 5.91 Å². The molecule has 30 heavy (non-hydrogen) atoms. The zero-order chi connectivity index (χ0) is 21.5. The third-order valence-corrected chi connectivity index (χ3v) is 5.99. The fraction of sp³-hybridized carbons (Fsp3) is 0.364. The van der Waals surface area contributed by atoms with Gasteiger partial charge >= 0.3 is 0 Å². The second-order valence-corrected chi connectivity index (χ2v) is 8.53. The summed E-state index contributed by atoms with van der Waals surface area (Å²) in [5.41, 5.74) is 1.22. The topological polar surface area (TPSA) is 61.4 Å². The minimum Gasteiger partial charge on any atom is -0.369 e. The second-order valence-electron chi connectivity index (χ2n) is 7.14. The molecule has 0 aliphatic carbocycles. The molecule has 0 aromatic heterocycles. The van der Waals surface area contributed by atoms with Crippen molar-refractivity contribution in [2.24, 2.45) is 0 Å². The molecule has 0 spiro atoms. The Bertz CT molecular complexity index is 906. The molecule has 2 aromatic rings. The quantitative estimate of drug-likeness (QED) is 0.619. The number of carbonyl (C=O) groups is 2. The highest BCUT2D eigenvalue weighted by Crippen LogP contribution is 2.26. The lowest BCUT2D eigenvalue weighted by Gasteiger charge is -2.20. The Morgan fingerprint density at radius 3 is 2.60 bits per heavy atom. The standard InChI is InChI=1S/C22H25ClFN3O2S/c1-30-13-10-19(26-21(28)16-6-2-3-7-17(16)23)22(29)25-15-8-9-20(18(24)14-15)27-11-4-5-12-27/h2-3,6-9,14,19H,4-5,10-13H2,1H3,(H,25,29)(H,26,28). The molecule has 0 saturated carbocycles. The summed E-state index contributed by atoms with van der Waals surface area (Å²) in [5, 5.41) is 5.79. The number of benzene rings is 2. The first-order valence-electron chi connectivity index (χ1n) is 9.89. The van der Waals surface area contributed by atoms with Crippen molar-refractivity contribution in [3.8, 4) is 0 Å². The normalized spacial score (nSPS) is 14.4. The van der Waals surface area contributed by atoms with Gasteiger partial charge in [0, 0.05) is 18.8 Å². The summed E-state index contributed by atoms with van der Waals surface area (Å²) in [6.07, 6.45) is 4.48. The molecule has 2 aromatic carbocycles. The van der Waals surface area contributed by atoms with Gasteiger partial charge in [0.05, 0.1) is 16.3 Å². The van der Waals surface area contributed by atoms with E-state index >= 15 is 0 Å². The van der Waals surface area contributed by atoms with Crippen molar-refractivity contribution >= 4 is 46.6 Å². The van der Waals surface area contributed by atoms with Gasteiger partial charge in [-0.05, 0) is 61.6 Å². The molecule has 3 rings (SSSR count). The van der Waals surface area contributed by atoms with Crippen molar-refractivity contribution in [3.05, 3.63) is 58.9 Å². The molecule has 1 unspecified atom stereocenters. The Morgan fingerprint density at radius 1 is 1.20 bits per heavy atom. The molecular formula is C22H25ClFN3O2S. The zero-order valence-electron chi connectivity index (χ0n) is 16.8. The van der Waals surface area contributed by atoms with Crippen LogP contribution < -0.4 is 15.5 Å². The lowest BCUT2D eigenvalue weighted by Crippen LogP contribution is -2.44. The predicted molar refractivity (Wildman–Crippen MR) is 122 cm³/mol. The van der Waals surface area contributed by atoms with Crippen LogP contribution in [0.1, 0.15) is 29.6 Å². The van der Waals surface area contributed by atoms with Crippen molar-refractivity contribution in [2.45, 2.75) is 25.3 Å². The molecule has 160 valence electrons. The van der Waals surface area contributed by atoms with E-state index in [0.29, 0.717) is 34.1 Å². The number of nitrogens with one attached hydrogen (secondary N) is 2. The van der Waals surface area contributed by atoms with Crippen molar-refractivity contribution in [3.63, 3.8) is 0 Å². The van der Waals surface area contributed by atoms with Crippen LogP contribution in [0.4, 0.5) is 15.8 Å². The van der Waals surface area contributed by atoms with E-state index in [2.05, 4.69) is 10.6 Å². The van der Waals surface area contributed by atoms with E-state index < -0.39 is 17.9 Å². The molecule has 1 aliphatic rings. The van der Waals surface area contributed by atoms with Gasteiger partial charge in [-0.2, -0.15) is 11.8 Å². The lowest BCUT2D eigenvalue weighted by atomic mass is 10.1. The van der Waals surface area contributed by atoms with Gasteiger partial charge in [-0.25, -0.2) is 4.39 Å². The summed E-state index contributed by atoms with van der Waals surface area (Å²) >= 11 is 7.67. The molecule has 1 atom stereocenters. The van der Waals surface area contributed by atoms with Gasteiger partial charge < -0.3 is 15.5 Å². The molecule has 5 nitrogen and oxygen atoms in total. The van der Waals surface area contributed by atoms with Crippen LogP contribution in [0, 0.1) is 5.82 Å². The summed E-state index contributed by atoms with van der Waals surface area (Å²) in [6, 6.07) is 10.6. The Morgan fingerprint density at radius 2 is 1.93 bits per heavy atom. The average Bonchev–Trinajstić information content (AvgIpc) is 3.25. The van der Waals surface area contributed by atoms with E-state index in [1.807, 2.05) is 11.2 Å². The number of halogens is 2. The Labute approximate surface area is 185 Å². The number of thioether (sulfide) groups is 1. The van der Waals surface area contributed by atoms with Crippen LogP contribution in [0.5, 0.6) is 0 Å². The molecule has 1 heterocycles. The van der Waals surface area contributed by atoms with Crippen LogP contribution >= 0.6 is 23.4 Å². The number of amides is 2. The van der Waals surface area contributed by atoms with Crippen LogP contribution in [-0.4, -0.2) is 43.0 Å². The Hall–Kier alpha value is -2.25. The van der Waals surface area contributed by atoms with E-state index in [1.54, 1.807) is 48.2 Å². The van der Waals surface area contributed by atoms with E-state index in [1.165, 1.54) is 6.07 Å². The maximum atomic E-state index is 14.6. The molecule has 1 fully saturated rings. The molecule has 1 aliphatic heterocycles. The van der Waals surface area contributed by atoms with Gasteiger partial charge in [-0.15, -0.1) is 0 Å². The predicted octanol–water partition coefficient (Wildman–Crippen LogP) is 4.57. The van der Waals surface area contributed by atoms with Crippen LogP contribution in [0.2, 0.25) is 5.02 Å². The highest BCUT2D eigenvalue weighted by Gasteiger charge is 2.23. The van der Waals surface area contributed by atoms with Crippen molar-refractivity contribution in [1.29, 1.82) is 0 Å². The van der Waals surface area contributed by atoms with E-state index in [-0.39, 0.29) is 5.82 Å². The Balaban J connectivity index is 1.69. The van der Waals surface area contributed by atoms with Gasteiger partial charge in [-0.1, -0.05) is 23.7 Å². The fourth-order valence-corrected chi connectivity index (χ4v) is 4.11. The smallest absolute Gasteiger partial charge is 0.253 e. The van der Waals surface area contributed by atoms with Gasteiger partial charge in [0.1, 0.15) is 11.9 Å². The van der Waals surface area contributed by atoms with Crippen LogP contribution in [0.15, 0.2) is 42.5 Å². The van der Waals surface area contributed by atoms with Gasteiger partial charge in [-0.3, -0.25) is 9.59 Å².